The van der Waals surface area contributed by atoms with Gasteiger partial charge in [-0.05, 0) is 68.7 Å². The third-order valence-corrected chi connectivity index (χ3v) is 7.28. The molecule has 2 aliphatic rings. The number of nitrogens with one attached hydrogen (secondary N) is 2. The molecule has 6 nitrogen and oxygen atoms in total. The van der Waals surface area contributed by atoms with E-state index in [0.29, 0.717) is 34.2 Å². The zero-order valence-electron chi connectivity index (χ0n) is 16.5. The lowest BCUT2D eigenvalue weighted by atomic mass is 9.92. The fraction of sp³-hybridized carbons (Fsp3) is 0.524. The van der Waals surface area contributed by atoms with Gasteiger partial charge in [0, 0.05) is 5.56 Å². The van der Waals surface area contributed by atoms with E-state index in [-0.39, 0.29) is 22.7 Å². The fourth-order valence-corrected chi connectivity index (χ4v) is 5.99. The summed E-state index contributed by atoms with van der Waals surface area (Å²) in [5.41, 5.74) is 0.392. The Balaban J connectivity index is 1.75. The van der Waals surface area contributed by atoms with Gasteiger partial charge in [-0.1, -0.05) is 6.92 Å². The Kier molecular flexibility index (Phi) is 4.51. The molecule has 2 N–H and O–H groups in total. The first-order valence-corrected chi connectivity index (χ1v) is 11.1. The van der Waals surface area contributed by atoms with Crippen molar-refractivity contribution in [1.82, 2.24) is 14.3 Å². The number of fused-ring (bicyclic) bond motifs is 2. The van der Waals surface area contributed by atoms with E-state index < -0.39 is 16.8 Å². The largest absolute Gasteiger partial charge is 0.489 e. The summed E-state index contributed by atoms with van der Waals surface area (Å²) in [4.78, 5) is 25.8. The van der Waals surface area contributed by atoms with Gasteiger partial charge in [-0.3, -0.25) is 14.0 Å². The molecule has 1 aliphatic carbocycles. The Morgan fingerprint density at radius 3 is 3.00 bits per heavy atom. The van der Waals surface area contributed by atoms with Crippen LogP contribution < -0.4 is 21.0 Å². The van der Waals surface area contributed by atoms with Crippen LogP contribution in [0.25, 0.3) is 21.1 Å². The maximum absolute atomic E-state index is 15.3. The first-order chi connectivity index (χ1) is 14.0. The molecule has 3 heterocycles. The number of hydrogen-bond acceptors (Lipinski definition) is 5. The molecule has 1 fully saturated rings. The highest BCUT2D eigenvalue weighted by Gasteiger charge is 2.35. The molecular formula is C21H24FN3O3S. The summed E-state index contributed by atoms with van der Waals surface area (Å²) >= 11 is 1.16. The van der Waals surface area contributed by atoms with Crippen molar-refractivity contribution < 1.29 is 9.13 Å². The summed E-state index contributed by atoms with van der Waals surface area (Å²) in [6, 6.07) is 1.27. The minimum absolute atomic E-state index is 0.0528. The molecule has 5 rings (SSSR count). The van der Waals surface area contributed by atoms with Gasteiger partial charge in [-0.25, -0.2) is 4.39 Å². The normalized spacial score (nSPS) is 23.8. The molecule has 8 heteroatoms. The Morgan fingerprint density at radius 2 is 2.21 bits per heavy atom. The minimum Gasteiger partial charge on any atom is -0.489 e. The average molecular weight is 418 g/mol. The van der Waals surface area contributed by atoms with Crippen LogP contribution in [0.2, 0.25) is 0 Å². The maximum Gasteiger partial charge on any atom is 0.271 e. The number of H-pyrrole nitrogens is 1. The van der Waals surface area contributed by atoms with Crippen LogP contribution in [0.5, 0.6) is 5.75 Å². The summed E-state index contributed by atoms with van der Waals surface area (Å²) in [6.07, 6.45) is 2.87. The number of benzene rings is 1. The molecule has 3 unspecified atom stereocenters. The second-order valence-electron chi connectivity index (χ2n) is 8.25. The van der Waals surface area contributed by atoms with Gasteiger partial charge in [-0.2, -0.15) is 0 Å². The highest BCUT2D eigenvalue weighted by atomic mass is 32.1. The van der Waals surface area contributed by atoms with Crippen molar-refractivity contribution in [3.63, 3.8) is 0 Å². The van der Waals surface area contributed by atoms with Crippen molar-refractivity contribution in [2.45, 2.75) is 45.1 Å². The van der Waals surface area contributed by atoms with Crippen LogP contribution in [0.4, 0.5) is 4.39 Å². The van der Waals surface area contributed by atoms with E-state index in [1.165, 1.54) is 6.07 Å². The van der Waals surface area contributed by atoms with Gasteiger partial charge < -0.3 is 14.6 Å². The summed E-state index contributed by atoms with van der Waals surface area (Å²) in [6.45, 7) is 6.33. The second-order valence-corrected chi connectivity index (χ2v) is 9.05. The number of hydrogen-bond donors (Lipinski definition) is 2. The number of nitrogens with zero attached hydrogens (tertiary/aromatic N) is 1. The third-order valence-electron chi connectivity index (χ3n) is 6.40. The van der Waals surface area contributed by atoms with Crippen LogP contribution in [-0.4, -0.2) is 28.6 Å². The lowest BCUT2D eigenvalue weighted by molar-refractivity contribution is 0.245. The number of rotatable bonds is 4. The summed E-state index contributed by atoms with van der Waals surface area (Å²) in [5, 5.41) is 3.73. The molecule has 0 spiro atoms. The molecule has 29 heavy (non-hydrogen) atoms. The SMILES string of the molecule is CCNCC1CCC(c2c(F)cc3c(=O)c4c(=O)[nH]sc4n4c3c2OCC4C)C1. The predicted octanol–water partition coefficient (Wildman–Crippen LogP) is 3.49. The van der Waals surface area contributed by atoms with Crippen LogP contribution in [0.1, 0.15) is 50.6 Å². The van der Waals surface area contributed by atoms with Crippen LogP contribution in [0.3, 0.4) is 0 Å². The van der Waals surface area contributed by atoms with Gasteiger partial charge >= 0.3 is 0 Å². The summed E-state index contributed by atoms with van der Waals surface area (Å²) in [7, 11) is 0. The van der Waals surface area contributed by atoms with Crippen molar-refractivity contribution >= 4 is 32.7 Å². The number of pyridine rings is 1. The van der Waals surface area contributed by atoms with Gasteiger partial charge in [0.25, 0.3) is 5.56 Å². The highest BCUT2D eigenvalue weighted by molar-refractivity contribution is 7.12. The van der Waals surface area contributed by atoms with E-state index >= 15 is 4.39 Å². The van der Waals surface area contributed by atoms with E-state index in [4.69, 9.17) is 4.74 Å². The zero-order chi connectivity index (χ0) is 20.3. The fourth-order valence-electron chi connectivity index (χ4n) is 5.04. The third kappa shape index (κ3) is 2.76. The molecular weight excluding hydrogens is 393 g/mol. The predicted molar refractivity (Wildman–Crippen MR) is 113 cm³/mol. The zero-order valence-corrected chi connectivity index (χ0v) is 17.3. The van der Waals surface area contributed by atoms with Crippen LogP contribution in [-0.2, 0) is 0 Å². The smallest absolute Gasteiger partial charge is 0.271 e. The monoisotopic (exact) mass is 417 g/mol. The van der Waals surface area contributed by atoms with Crippen molar-refractivity contribution in [1.29, 1.82) is 0 Å². The van der Waals surface area contributed by atoms with E-state index in [9.17, 15) is 9.59 Å². The second kappa shape index (κ2) is 6.95. The van der Waals surface area contributed by atoms with Crippen LogP contribution >= 0.6 is 11.5 Å². The Morgan fingerprint density at radius 1 is 1.38 bits per heavy atom. The molecule has 1 aromatic carbocycles. The molecule has 0 amide bonds. The quantitative estimate of drug-likeness (QED) is 0.681. The first-order valence-electron chi connectivity index (χ1n) is 10.3. The number of aromatic nitrogens is 2. The molecule has 0 saturated heterocycles. The molecule has 3 atom stereocenters. The first kappa shape index (κ1) is 18.8. The van der Waals surface area contributed by atoms with Gasteiger partial charge in [-0.15, -0.1) is 0 Å². The number of aromatic amines is 1. The number of halogens is 1. The van der Waals surface area contributed by atoms with Crippen LogP contribution in [0.15, 0.2) is 15.7 Å². The highest BCUT2D eigenvalue weighted by Crippen LogP contribution is 2.47. The molecule has 1 aliphatic heterocycles. The van der Waals surface area contributed by atoms with Crippen molar-refractivity contribution in [3.05, 3.63) is 38.0 Å². The minimum atomic E-state index is -0.422. The molecule has 2 aromatic heterocycles. The van der Waals surface area contributed by atoms with Crippen molar-refractivity contribution in [3.8, 4) is 5.75 Å². The van der Waals surface area contributed by atoms with E-state index in [1.807, 2.05) is 11.5 Å². The molecule has 3 aromatic rings. The lowest BCUT2D eigenvalue weighted by Crippen LogP contribution is -2.26. The van der Waals surface area contributed by atoms with E-state index in [1.54, 1.807) is 0 Å². The van der Waals surface area contributed by atoms with Crippen molar-refractivity contribution in [2.75, 3.05) is 19.7 Å². The summed E-state index contributed by atoms with van der Waals surface area (Å²) < 4.78 is 26.0. The van der Waals surface area contributed by atoms with Crippen molar-refractivity contribution in [2.24, 2.45) is 5.92 Å². The Labute approximate surface area is 170 Å². The van der Waals surface area contributed by atoms with Crippen LogP contribution in [0, 0.1) is 11.7 Å². The average Bonchev–Trinajstić information content (AvgIpc) is 3.32. The Hall–Kier alpha value is -2.19. The van der Waals surface area contributed by atoms with E-state index in [0.717, 1.165) is 43.9 Å². The lowest BCUT2D eigenvalue weighted by Gasteiger charge is -2.30. The van der Waals surface area contributed by atoms with E-state index in [2.05, 4.69) is 16.6 Å². The van der Waals surface area contributed by atoms with Gasteiger partial charge in [0.1, 0.15) is 28.4 Å². The molecule has 0 bridgehead atoms. The Bertz CT molecular complexity index is 1230. The molecule has 0 radical (unpaired) electrons. The molecule has 154 valence electrons. The summed E-state index contributed by atoms with van der Waals surface area (Å²) in [5.74, 6) is 0.692. The van der Waals surface area contributed by atoms with Gasteiger partial charge in [0.15, 0.2) is 0 Å². The van der Waals surface area contributed by atoms with Gasteiger partial charge in [0.05, 0.1) is 16.9 Å². The van der Waals surface area contributed by atoms with Gasteiger partial charge in [0.2, 0.25) is 5.43 Å². The number of ether oxygens (including phenoxy) is 1. The molecule has 1 saturated carbocycles. The maximum atomic E-state index is 15.3. The standard InChI is InChI=1S/C21H24FN3O3S/c1-3-23-8-11-4-5-12(6-11)15-14(22)7-13-17-19(15)28-9-10(2)25(17)21-16(18(13)26)20(27)24-29-21/h7,10-12,23H,3-6,8-9H2,1-2H3,(H,24,27). The topological polar surface area (TPSA) is 76.1 Å².